The third-order valence-corrected chi connectivity index (χ3v) is 6.52. The van der Waals surface area contributed by atoms with Crippen LogP contribution in [0.4, 0.5) is 5.13 Å². The number of rotatable bonds is 6. The Morgan fingerprint density at radius 3 is 2.77 bits per heavy atom. The number of aromatic nitrogens is 2. The Bertz CT molecular complexity index is 1150. The number of nitrogens with zero attached hydrogens (tertiary/aromatic N) is 3. The molecular formula is C21H19N3O4S2. The van der Waals surface area contributed by atoms with Gasteiger partial charge in [0, 0.05) is 11.6 Å². The minimum Gasteiger partial charge on any atom is -0.503 e. The van der Waals surface area contributed by atoms with Crippen molar-refractivity contribution in [1.82, 2.24) is 9.97 Å². The van der Waals surface area contributed by atoms with Gasteiger partial charge < -0.3 is 9.84 Å². The molecule has 1 unspecified atom stereocenters. The Labute approximate surface area is 181 Å². The van der Waals surface area contributed by atoms with E-state index in [1.807, 2.05) is 13.8 Å². The molecule has 2 aromatic heterocycles. The standard InChI is InChI=1S/C21H19N3O4S2/c1-4-28-14-7-5-6-13(10-14)16-15(17(25)19-11(2)23-12(3)30-19)18(26)20(27)24(16)21-22-8-9-29-21/h5-10,16,26H,4H2,1-3H3. The molecule has 30 heavy (non-hydrogen) atoms. The van der Waals surface area contributed by atoms with E-state index < -0.39 is 23.5 Å². The van der Waals surface area contributed by atoms with E-state index in [1.54, 1.807) is 42.8 Å². The van der Waals surface area contributed by atoms with Gasteiger partial charge in [0.15, 0.2) is 10.9 Å². The van der Waals surface area contributed by atoms with Crippen molar-refractivity contribution < 1.29 is 19.4 Å². The molecule has 1 N–H and O–H groups in total. The first-order valence-electron chi connectivity index (χ1n) is 9.30. The first kappa shape index (κ1) is 20.2. The number of aryl methyl sites for hydroxylation is 2. The van der Waals surface area contributed by atoms with Crippen molar-refractivity contribution in [1.29, 1.82) is 0 Å². The summed E-state index contributed by atoms with van der Waals surface area (Å²) in [5.41, 5.74) is 1.25. The molecular weight excluding hydrogens is 422 g/mol. The minimum atomic E-state index is -0.821. The Kier molecular flexibility index (Phi) is 5.40. The largest absolute Gasteiger partial charge is 0.503 e. The van der Waals surface area contributed by atoms with Gasteiger partial charge >= 0.3 is 0 Å². The lowest BCUT2D eigenvalue weighted by Crippen LogP contribution is -2.31. The minimum absolute atomic E-state index is 0.0237. The number of anilines is 1. The van der Waals surface area contributed by atoms with E-state index >= 15 is 0 Å². The van der Waals surface area contributed by atoms with Crippen LogP contribution in [0.2, 0.25) is 0 Å². The number of ketones is 1. The van der Waals surface area contributed by atoms with E-state index in [0.717, 1.165) is 5.01 Å². The fourth-order valence-electron chi connectivity index (χ4n) is 3.49. The SMILES string of the molecule is CCOc1cccc(C2C(C(=O)c3sc(C)nc3C)=C(O)C(=O)N2c2nccs2)c1. The van der Waals surface area contributed by atoms with Gasteiger partial charge in [0.1, 0.15) is 5.75 Å². The van der Waals surface area contributed by atoms with E-state index in [-0.39, 0.29) is 5.57 Å². The molecule has 0 bridgehead atoms. The Balaban J connectivity index is 1.88. The summed E-state index contributed by atoms with van der Waals surface area (Å²) in [6, 6.07) is 6.36. The summed E-state index contributed by atoms with van der Waals surface area (Å²) in [6.07, 6.45) is 1.58. The van der Waals surface area contributed by atoms with Crippen LogP contribution in [0.25, 0.3) is 0 Å². The van der Waals surface area contributed by atoms with Crippen LogP contribution >= 0.6 is 22.7 Å². The maximum atomic E-state index is 13.5. The second-order valence-electron chi connectivity index (χ2n) is 6.64. The fourth-order valence-corrected chi connectivity index (χ4v) is 5.03. The summed E-state index contributed by atoms with van der Waals surface area (Å²) in [5.74, 6) is -1.01. The van der Waals surface area contributed by atoms with Gasteiger partial charge in [-0.2, -0.15) is 0 Å². The topological polar surface area (TPSA) is 92.6 Å². The van der Waals surface area contributed by atoms with Gasteiger partial charge in [-0.25, -0.2) is 9.97 Å². The third kappa shape index (κ3) is 3.40. The van der Waals surface area contributed by atoms with Crippen LogP contribution in [0.3, 0.4) is 0 Å². The maximum absolute atomic E-state index is 13.5. The first-order valence-corrected chi connectivity index (χ1v) is 11.0. The first-order chi connectivity index (χ1) is 14.4. The highest BCUT2D eigenvalue weighted by Gasteiger charge is 2.46. The number of ether oxygens (including phenoxy) is 1. The van der Waals surface area contributed by atoms with Gasteiger partial charge in [-0.05, 0) is 38.5 Å². The van der Waals surface area contributed by atoms with Crippen LogP contribution in [-0.4, -0.2) is 33.4 Å². The van der Waals surface area contributed by atoms with Crippen molar-refractivity contribution in [3.05, 3.63) is 68.3 Å². The van der Waals surface area contributed by atoms with Gasteiger partial charge in [0.25, 0.3) is 5.91 Å². The molecule has 4 rings (SSSR count). The lowest BCUT2D eigenvalue weighted by molar-refractivity contribution is -0.117. The van der Waals surface area contributed by atoms with Crippen LogP contribution in [0.5, 0.6) is 5.75 Å². The van der Waals surface area contributed by atoms with Crippen molar-refractivity contribution in [2.45, 2.75) is 26.8 Å². The molecule has 3 heterocycles. The number of amides is 1. The van der Waals surface area contributed by atoms with Crippen molar-refractivity contribution in [2.75, 3.05) is 11.5 Å². The monoisotopic (exact) mass is 441 g/mol. The third-order valence-electron chi connectivity index (χ3n) is 4.67. The van der Waals surface area contributed by atoms with Crippen LogP contribution < -0.4 is 9.64 Å². The van der Waals surface area contributed by atoms with E-state index in [1.165, 1.54) is 27.6 Å². The zero-order chi connectivity index (χ0) is 21.4. The predicted octanol–water partition coefficient (Wildman–Crippen LogP) is 4.40. The molecule has 1 aromatic carbocycles. The summed E-state index contributed by atoms with van der Waals surface area (Å²) in [5, 5.41) is 13.6. The maximum Gasteiger partial charge on any atom is 0.296 e. The number of aliphatic hydroxyl groups excluding tert-OH is 1. The molecule has 7 nitrogen and oxygen atoms in total. The van der Waals surface area contributed by atoms with Gasteiger partial charge in [-0.1, -0.05) is 12.1 Å². The van der Waals surface area contributed by atoms with E-state index in [4.69, 9.17) is 4.74 Å². The summed E-state index contributed by atoms with van der Waals surface area (Å²) in [4.78, 5) is 36.8. The number of benzene rings is 1. The van der Waals surface area contributed by atoms with Gasteiger partial charge in [0.05, 0.1) is 33.8 Å². The zero-order valence-corrected chi connectivity index (χ0v) is 18.2. The van der Waals surface area contributed by atoms with Crippen LogP contribution in [0, 0.1) is 13.8 Å². The molecule has 1 aliphatic rings. The molecule has 1 atom stereocenters. The summed E-state index contributed by atoms with van der Waals surface area (Å²) in [7, 11) is 0. The smallest absolute Gasteiger partial charge is 0.296 e. The highest BCUT2D eigenvalue weighted by molar-refractivity contribution is 7.14. The molecule has 3 aromatic rings. The van der Waals surface area contributed by atoms with Crippen LogP contribution in [0.1, 0.15) is 38.9 Å². The quantitative estimate of drug-likeness (QED) is 0.570. The average molecular weight is 442 g/mol. The molecule has 0 aliphatic carbocycles. The number of hydrogen-bond donors (Lipinski definition) is 1. The number of aliphatic hydroxyl groups is 1. The van der Waals surface area contributed by atoms with Crippen LogP contribution in [0.15, 0.2) is 47.2 Å². The summed E-state index contributed by atoms with van der Waals surface area (Å²) < 4.78 is 5.60. The van der Waals surface area contributed by atoms with Gasteiger partial charge in [-0.15, -0.1) is 22.7 Å². The molecule has 0 fully saturated rings. The lowest BCUT2D eigenvalue weighted by atomic mass is 9.95. The second kappa shape index (κ2) is 8.00. The molecule has 0 spiro atoms. The highest BCUT2D eigenvalue weighted by Crippen LogP contribution is 2.43. The molecule has 0 saturated heterocycles. The summed E-state index contributed by atoms with van der Waals surface area (Å²) in [6.45, 7) is 5.92. The average Bonchev–Trinajstić information content (AvgIpc) is 3.41. The highest BCUT2D eigenvalue weighted by atomic mass is 32.1. The predicted molar refractivity (Wildman–Crippen MR) is 116 cm³/mol. The van der Waals surface area contributed by atoms with Gasteiger partial charge in [-0.3, -0.25) is 14.5 Å². The Morgan fingerprint density at radius 1 is 1.33 bits per heavy atom. The number of carbonyl (C=O) groups is 2. The number of hydrogen-bond acceptors (Lipinski definition) is 8. The molecule has 9 heteroatoms. The Hall–Kier alpha value is -3.04. The van der Waals surface area contributed by atoms with E-state index in [0.29, 0.717) is 33.6 Å². The van der Waals surface area contributed by atoms with Crippen molar-refractivity contribution in [2.24, 2.45) is 0 Å². The lowest BCUT2D eigenvalue weighted by Gasteiger charge is -2.24. The molecule has 154 valence electrons. The molecule has 1 amide bonds. The fraction of sp³-hybridized carbons (Fsp3) is 0.238. The second-order valence-corrected chi connectivity index (χ2v) is 8.71. The molecule has 1 aliphatic heterocycles. The number of thiazole rings is 2. The van der Waals surface area contributed by atoms with Crippen LogP contribution in [-0.2, 0) is 4.79 Å². The number of carbonyl (C=O) groups excluding carboxylic acids is 2. The van der Waals surface area contributed by atoms with Crippen molar-refractivity contribution in [3.8, 4) is 5.75 Å². The normalized spacial score (nSPS) is 16.4. The molecule has 0 radical (unpaired) electrons. The van der Waals surface area contributed by atoms with Crippen molar-refractivity contribution >= 4 is 39.5 Å². The van der Waals surface area contributed by atoms with Gasteiger partial charge in [0.2, 0.25) is 5.78 Å². The number of Topliss-reactive ketones (excluding diaryl/α,β-unsaturated/α-hetero) is 1. The Morgan fingerprint density at radius 2 is 2.13 bits per heavy atom. The van der Waals surface area contributed by atoms with E-state index in [9.17, 15) is 14.7 Å². The zero-order valence-electron chi connectivity index (χ0n) is 16.6. The molecule has 0 saturated carbocycles. The summed E-state index contributed by atoms with van der Waals surface area (Å²) >= 11 is 2.51. The van der Waals surface area contributed by atoms with Crippen molar-refractivity contribution in [3.63, 3.8) is 0 Å². The van der Waals surface area contributed by atoms with E-state index in [2.05, 4.69) is 9.97 Å².